The first-order valence-electron chi connectivity index (χ1n) is 5.26. The zero-order valence-electron chi connectivity index (χ0n) is 9.41. The van der Waals surface area contributed by atoms with Crippen LogP contribution in [0.4, 0.5) is 10.5 Å². The molecule has 1 aliphatic rings. The molecule has 2 rings (SSSR count). The lowest BCUT2D eigenvalue weighted by atomic mass is 10.1. The molecule has 0 saturated heterocycles. The van der Waals surface area contributed by atoms with Crippen molar-refractivity contribution in [1.82, 2.24) is 5.32 Å². The Kier molecular flexibility index (Phi) is 2.64. The van der Waals surface area contributed by atoms with E-state index in [2.05, 4.69) is 5.32 Å². The molecule has 0 atom stereocenters. The number of hydrogen-bond acceptors (Lipinski definition) is 2. The fraction of sp³-hybridized carbons (Fsp3) is 0.333. The highest BCUT2D eigenvalue weighted by molar-refractivity contribution is 5.99. The summed E-state index contributed by atoms with van der Waals surface area (Å²) in [7, 11) is 1.61. The molecule has 0 spiro atoms. The van der Waals surface area contributed by atoms with Crippen molar-refractivity contribution in [2.45, 2.75) is 13.3 Å². The number of carbonyl (C=O) groups excluding carboxylic acids is 2. The van der Waals surface area contributed by atoms with E-state index in [4.69, 9.17) is 0 Å². The first-order valence-corrected chi connectivity index (χ1v) is 5.26. The lowest BCUT2D eigenvalue weighted by Crippen LogP contribution is -2.36. The normalized spacial score (nSPS) is 13.5. The van der Waals surface area contributed by atoms with Crippen LogP contribution in [0.15, 0.2) is 18.2 Å². The van der Waals surface area contributed by atoms with Gasteiger partial charge in [0, 0.05) is 24.8 Å². The number of nitrogens with one attached hydrogen (secondary N) is 1. The highest BCUT2D eigenvalue weighted by Gasteiger charge is 2.24. The van der Waals surface area contributed by atoms with Gasteiger partial charge in [-0.1, -0.05) is 12.1 Å². The van der Waals surface area contributed by atoms with E-state index < -0.39 is 0 Å². The Hall–Kier alpha value is -1.84. The van der Waals surface area contributed by atoms with Crippen LogP contribution in [0.3, 0.4) is 0 Å². The van der Waals surface area contributed by atoms with Crippen LogP contribution < -0.4 is 10.2 Å². The number of carbonyl (C=O) groups is 2. The van der Waals surface area contributed by atoms with Gasteiger partial charge in [0.1, 0.15) is 0 Å². The number of anilines is 1. The van der Waals surface area contributed by atoms with Gasteiger partial charge in [0.25, 0.3) is 0 Å². The van der Waals surface area contributed by atoms with Crippen LogP contribution >= 0.6 is 0 Å². The van der Waals surface area contributed by atoms with E-state index in [9.17, 15) is 9.59 Å². The van der Waals surface area contributed by atoms with Gasteiger partial charge in [0.2, 0.25) is 0 Å². The van der Waals surface area contributed by atoms with Crippen LogP contribution in [0.2, 0.25) is 0 Å². The van der Waals surface area contributed by atoms with E-state index in [0.29, 0.717) is 12.1 Å². The Morgan fingerprint density at radius 2 is 2.12 bits per heavy atom. The van der Waals surface area contributed by atoms with Crippen molar-refractivity contribution in [1.29, 1.82) is 0 Å². The lowest BCUT2D eigenvalue weighted by Gasteiger charge is -2.16. The molecule has 1 N–H and O–H groups in total. The van der Waals surface area contributed by atoms with Gasteiger partial charge in [-0.3, -0.25) is 9.69 Å². The minimum Gasteiger partial charge on any atom is -0.341 e. The largest absolute Gasteiger partial charge is 0.341 e. The van der Waals surface area contributed by atoms with Crippen molar-refractivity contribution in [3.05, 3.63) is 29.3 Å². The summed E-state index contributed by atoms with van der Waals surface area (Å²) in [6.07, 6.45) is 0.848. The number of ketones is 1. The average molecular weight is 218 g/mol. The molecule has 0 aromatic heterocycles. The molecule has 1 aromatic rings. The molecule has 0 fully saturated rings. The zero-order chi connectivity index (χ0) is 11.7. The van der Waals surface area contributed by atoms with E-state index in [1.807, 2.05) is 12.1 Å². The molecule has 1 aliphatic heterocycles. The predicted octanol–water partition coefficient (Wildman–Crippen LogP) is 1.59. The highest BCUT2D eigenvalue weighted by atomic mass is 16.2. The number of benzene rings is 1. The van der Waals surface area contributed by atoms with E-state index in [0.717, 1.165) is 17.7 Å². The van der Waals surface area contributed by atoms with Crippen molar-refractivity contribution in [2.75, 3.05) is 18.5 Å². The average Bonchev–Trinajstić information content (AvgIpc) is 2.70. The number of fused-ring (bicyclic) bond motifs is 1. The third-order valence-corrected chi connectivity index (χ3v) is 2.85. The van der Waals surface area contributed by atoms with Crippen molar-refractivity contribution >= 4 is 17.5 Å². The summed E-state index contributed by atoms with van der Waals surface area (Å²) in [6, 6.07) is 5.41. The van der Waals surface area contributed by atoms with Crippen LogP contribution in [0.1, 0.15) is 22.8 Å². The molecular weight excluding hydrogens is 204 g/mol. The van der Waals surface area contributed by atoms with Crippen LogP contribution in [0, 0.1) is 0 Å². The Bertz CT molecular complexity index is 454. The van der Waals surface area contributed by atoms with Gasteiger partial charge in [-0.15, -0.1) is 0 Å². The van der Waals surface area contributed by atoms with Crippen LogP contribution in [0.5, 0.6) is 0 Å². The fourth-order valence-corrected chi connectivity index (χ4v) is 1.94. The Morgan fingerprint density at radius 1 is 1.38 bits per heavy atom. The SMILES string of the molecule is CNC(=O)N1CCc2ccc(C(C)=O)cc21. The summed E-state index contributed by atoms with van der Waals surface area (Å²) < 4.78 is 0. The van der Waals surface area contributed by atoms with Gasteiger partial charge in [0.15, 0.2) is 5.78 Å². The molecule has 0 radical (unpaired) electrons. The number of urea groups is 1. The van der Waals surface area contributed by atoms with Gasteiger partial charge in [-0.2, -0.15) is 0 Å². The number of amides is 2. The van der Waals surface area contributed by atoms with E-state index in [-0.39, 0.29) is 11.8 Å². The molecule has 0 aliphatic carbocycles. The Balaban J connectivity index is 2.40. The second-order valence-electron chi connectivity index (χ2n) is 3.86. The van der Waals surface area contributed by atoms with Gasteiger partial charge >= 0.3 is 6.03 Å². The zero-order valence-corrected chi connectivity index (χ0v) is 9.41. The molecule has 1 heterocycles. The number of hydrogen-bond donors (Lipinski definition) is 1. The molecule has 0 saturated carbocycles. The van der Waals surface area contributed by atoms with Crippen molar-refractivity contribution < 1.29 is 9.59 Å². The summed E-state index contributed by atoms with van der Waals surface area (Å²) in [5, 5.41) is 2.60. The second-order valence-corrected chi connectivity index (χ2v) is 3.86. The summed E-state index contributed by atoms with van der Waals surface area (Å²) in [5.41, 5.74) is 2.62. The van der Waals surface area contributed by atoms with Crippen LogP contribution in [-0.4, -0.2) is 25.4 Å². The molecule has 2 amide bonds. The van der Waals surface area contributed by atoms with Crippen LogP contribution in [-0.2, 0) is 6.42 Å². The molecule has 0 unspecified atom stereocenters. The Morgan fingerprint density at radius 3 is 2.75 bits per heavy atom. The second kappa shape index (κ2) is 3.96. The minimum absolute atomic E-state index is 0.0200. The Labute approximate surface area is 94.2 Å². The maximum Gasteiger partial charge on any atom is 0.321 e. The summed E-state index contributed by atoms with van der Waals surface area (Å²) in [6.45, 7) is 2.21. The standard InChI is InChI=1S/C12H14N2O2/c1-8(15)10-4-3-9-5-6-14(11(9)7-10)12(16)13-2/h3-4,7H,5-6H2,1-2H3,(H,13,16). The maximum atomic E-state index is 11.6. The monoisotopic (exact) mass is 218 g/mol. The number of nitrogens with zero attached hydrogens (tertiary/aromatic N) is 1. The molecule has 1 aromatic carbocycles. The summed E-state index contributed by atoms with van der Waals surface area (Å²) in [4.78, 5) is 24.5. The van der Waals surface area contributed by atoms with Crippen LogP contribution in [0.25, 0.3) is 0 Å². The first-order chi connectivity index (χ1) is 7.63. The lowest BCUT2D eigenvalue weighted by molar-refractivity contribution is 0.101. The number of Topliss-reactive ketones (excluding diaryl/α,β-unsaturated/α-hetero) is 1. The predicted molar refractivity (Wildman–Crippen MR) is 62.0 cm³/mol. The summed E-state index contributed by atoms with van der Waals surface area (Å²) >= 11 is 0. The van der Waals surface area contributed by atoms with E-state index in [1.54, 1.807) is 18.0 Å². The molecule has 4 heteroatoms. The van der Waals surface area contributed by atoms with E-state index >= 15 is 0 Å². The quantitative estimate of drug-likeness (QED) is 0.728. The van der Waals surface area contributed by atoms with Crippen molar-refractivity contribution in [3.8, 4) is 0 Å². The van der Waals surface area contributed by atoms with E-state index in [1.165, 1.54) is 6.92 Å². The van der Waals surface area contributed by atoms with Gasteiger partial charge in [0.05, 0.1) is 0 Å². The van der Waals surface area contributed by atoms with Crippen molar-refractivity contribution in [3.63, 3.8) is 0 Å². The molecule has 16 heavy (non-hydrogen) atoms. The number of rotatable bonds is 1. The fourth-order valence-electron chi connectivity index (χ4n) is 1.94. The van der Waals surface area contributed by atoms with Gasteiger partial charge < -0.3 is 5.32 Å². The minimum atomic E-state index is -0.126. The third-order valence-electron chi connectivity index (χ3n) is 2.85. The maximum absolute atomic E-state index is 11.6. The topological polar surface area (TPSA) is 49.4 Å². The van der Waals surface area contributed by atoms with Gasteiger partial charge in [-0.25, -0.2) is 4.79 Å². The van der Waals surface area contributed by atoms with Crippen molar-refractivity contribution in [2.24, 2.45) is 0 Å². The molecule has 4 nitrogen and oxygen atoms in total. The van der Waals surface area contributed by atoms with Gasteiger partial charge in [-0.05, 0) is 25.0 Å². The third kappa shape index (κ3) is 1.66. The molecule has 0 bridgehead atoms. The smallest absolute Gasteiger partial charge is 0.321 e. The molecular formula is C12H14N2O2. The summed E-state index contributed by atoms with van der Waals surface area (Å²) in [5.74, 6) is 0.0200. The first kappa shape index (κ1) is 10.7. The highest BCUT2D eigenvalue weighted by Crippen LogP contribution is 2.29. The molecule has 84 valence electrons.